The molecule has 0 amide bonds. The van der Waals surface area contributed by atoms with Crippen LogP contribution in [0.1, 0.15) is 5.56 Å². The summed E-state index contributed by atoms with van der Waals surface area (Å²) in [6.45, 7) is 0.230. The third kappa shape index (κ3) is 2.42. The molecule has 2 nitrogen and oxygen atoms in total. The summed E-state index contributed by atoms with van der Waals surface area (Å²) in [6, 6.07) is 11.7. The minimum atomic E-state index is -0.381. The minimum Gasteiger partial charge on any atom is -0.486 e. The zero-order valence-electron chi connectivity index (χ0n) is 9.90. The van der Waals surface area contributed by atoms with E-state index >= 15 is 0 Å². The molecule has 4 heteroatoms. The standard InChI is InChI=1S/C15H10ClFO2/c16-11-5-6-14-12(7-11)10(8-18-14)9-19-15-4-2-1-3-13(15)17/h1-8H,9H2. The molecule has 0 aliphatic carbocycles. The second kappa shape index (κ2) is 4.94. The molecular weight excluding hydrogens is 267 g/mol. The van der Waals surface area contributed by atoms with Gasteiger partial charge in [0.1, 0.15) is 12.2 Å². The first-order chi connectivity index (χ1) is 9.24. The highest BCUT2D eigenvalue weighted by Gasteiger charge is 2.08. The maximum absolute atomic E-state index is 13.4. The van der Waals surface area contributed by atoms with Gasteiger partial charge in [-0.15, -0.1) is 0 Å². The SMILES string of the molecule is Fc1ccccc1OCc1coc2ccc(Cl)cc12. The van der Waals surface area contributed by atoms with E-state index in [1.807, 2.05) is 0 Å². The first kappa shape index (κ1) is 12.1. The smallest absolute Gasteiger partial charge is 0.165 e. The summed E-state index contributed by atoms with van der Waals surface area (Å²) in [4.78, 5) is 0. The van der Waals surface area contributed by atoms with Crippen LogP contribution in [0.4, 0.5) is 4.39 Å². The van der Waals surface area contributed by atoms with E-state index in [0.717, 1.165) is 16.5 Å². The maximum atomic E-state index is 13.4. The van der Waals surface area contributed by atoms with Crippen molar-refractivity contribution in [2.45, 2.75) is 6.61 Å². The van der Waals surface area contributed by atoms with Crippen LogP contribution in [0.2, 0.25) is 5.02 Å². The van der Waals surface area contributed by atoms with Crippen LogP contribution in [0, 0.1) is 5.82 Å². The van der Waals surface area contributed by atoms with Gasteiger partial charge in [-0.25, -0.2) is 4.39 Å². The summed E-state index contributed by atoms with van der Waals surface area (Å²) in [7, 11) is 0. The molecule has 0 N–H and O–H groups in total. The summed E-state index contributed by atoms with van der Waals surface area (Å²) >= 11 is 5.95. The Hall–Kier alpha value is -2.00. The molecule has 96 valence electrons. The van der Waals surface area contributed by atoms with Crippen molar-refractivity contribution in [1.82, 2.24) is 0 Å². The van der Waals surface area contributed by atoms with Gasteiger partial charge in [-0.05, 0) is 30.3 Å². The van der Waals surface area contributed by atoms with E-state index in [1.165, 1.54) is 6.07 Å². The zero-order chi connectivity index (χ0) is 13.2. The third-order valence-corrected chi connectivity index (χ3v) is 3.07. The summed E-state index contributed by atoms with van der Waals surface area (Å²) in [6.07, 6.45) is 1.60. The molecule has 1 aromatic heterocycles. The Morgan fingerprint density at radius 2 is 2.00 bits per heavy atom. The Morgan fingerprint density at radius 1 is 1.16 bits per heavy atom. The molecule has 2 aromatic carbocycles. The van der Waals surface area contributed by atoms with Gasteiger partial charge in [-0.3, -0.25) is 0 Å². The molecule has 0 bridgehead atoms. The highest BCUT2D eigenvalue weighted by atomic mass is 35.5. The molecule has 0 radical (unpaired) electrons. The first-order valence-electron chi connectivity index (χ1n) is 5.77. The molecule has 0 spiro atoms. The predicted molar refractivity (Wildman–Crippen MR) is 72.0 cm³/mol. The monoisotopic (exact) mass is 276 g/mol. The summed E-state index contributed by atoms with van der Waals surface area (Å²) in [5.74, 6) is -0.160. The lowest BCUT2D eigenvalue weighted by atomic mass is 10.2. The highest BCUT2D eigenvalue weighted by Crippen LogP contribution is 2.26. The molecule has 0 aliphatic heterocycles. The van der Waals surface area contributed by atoms with Crippen molar-refractivity contribution >= 4 is 22.6 Å². The van der Waals surface area contributed by atoms with E-state index in [0.29, 0.717) is 5.02 Å². The number of halogens is 2. The maximum Gasteiger partial charge on any atom is 0.165 e. The van der Waals surface area contributed by atoms with E-state index in [1.54, 1.807) is 42.7 Å². The van der Waals surface area contributed by atoms with Gasteiger partial charge in [0, 0.05) is 16.0 Å². The number of furan rings is 1. The number of fused-ring (bicyclic) bond motifs is 1. The third-order valence-electron chi connectivity index (χ3n) is 2.84. The van der Waals surface area contributed by atoms with E-state index in [9.17, 15) is 4.39 Å². The van der Waals surface area contributed by atoms with Gasteiger partial charge in [-0.2, -0.15) is 0 Å². The number of rotatable bonds is 3. The highest BCUT2D eigenvalue weighted by molar-refractivity contribution is 6.31. The normalized spacial score (nSPS) is 10.8. The number of hydrogen-bond donors (Lipinski definition) is 0. The lowest BCUT2D eigenvalue weighted by Gasteiger charge is -2.05. The fourth-order valence-corrected chi connectivity index (χ4v) is 2.06. The van der Waals surface area contributed by atoms with Crippen LogP contribution in [-0.2, 0) is 6.61 Å². The average Bonchev–Trinajstić information content (AvgIpc) is 2.80. The van der Waals surface area contributed by atoms with Gasteiger partial charge in [0.15, 0.2) is 11.6 Å². The molecule has 3 aromatic rings. The Morgan fingerprint density at radius 3 is 2.84 bits per heavy atom. The van der Waals surface area contributed by atoms with Crippen LogP contribution < -0.4 is 4.74 Å². The van der Waals surface area contributed by atoms with Crippen LogP contribution in [0.25, 0.3) is 11.0 Å². The van der Waals surface area contributed by atoms with E-state index < -0.39 is 0 Å². The second-order valence-corrected chi connectivity index (χ2v) is 4.56. The minimum absolute atomic E-state index is 0.221. The van der Waals surface area contributed by atoms with Gasteiger partial charge in [0.05, 0.1) is 6.26 Å². The lowest BCUT2D eigenvalue weighted by molar-refractivity contribution is 0.290. The molecule has 0 fully saturated rings. The zero-order valence-corrected chi connectivity index (χ0v) is 10.7. The van der Waals surface area contributed by atoms with Crippen LogP contribution in [0.3, 0.4) is 0 Å². The molecule has 0 aliphatic rings. The van der Waals surface area contributed by atoms with Gasteiger partial charge >= 0.3 is 0 Å². The van der Waals surface area contributed by atoms with Crippen LogP contribution in [0.5, 0.6) is 5.75 Å². The molecule has 0 saturated heterocycles. The van der Waals surface area contributed by atoms with E-state index in [4.69, 9.17) is 20.8 Å². The number of ether oxygens (including phenoxy) is 1. The fraction of sp³-hybridized carbons (Fsp3) is 0.0667. The van der Waals surface area contributed by atoms with Crippen molar-refractivity contribution in [2.24, 2.45) is 0 Å². The Bertz CT molecular complexity index is 721. The van der Waals surface area contributed by atoms with Crippen molar-refractivity contribution in [3.63, 3.8) is 0 Å². The number of hydrogen-bond acceptors (Lipinski definition) is 2. The van der Waals surface area contributed by atoms with Crippen molar-refractivity contribution in [3.05, 3.63) is 65.1 Å². The van der Waals surface area contributed by atoms with E-state index in [2.05, 4.69) is 0 Å². The molecule has 3 rings (SSSR count). The largest absolute Gasteiger partial charge is 0.486 e. The van der Waals surface area contributed by atoms with Crippen LogP contribution in [0.15, 0.2) is 53.1 Å². The summed E-state index contributed by atoms with van der Waals surface area (Å²) in [5.41, 5.74) is 1.57. The van der Waals surface area contributed by atoms with Crippen molar-refractivity contribution in [1.29, 1.82) is 0 Å². The molecule has 0 saturated carbocycles. The lowest BCUT2D eigenvalue weighted by Crippen LogP contribution is -1.96. The molecule has 19 heavy (non-hydrogen) atoms. The Labute approximate surface area is 114 Å². The van der Waals surface area contributed by atoms with Crippen molar-refractivity contribution < 1.29 is 13.5 Å². The molecule has 0 atom stereocenters. The Kier molecular flexibility index (Phi) is 3.13. The average molecular weight is 277 g/mol. The summed E-state index contributed by atoms with van der Waals surface area (Å²) in [5, 5.41) is 1.50. The van der Waals surface area contributed by atoms with Crippen LogP contribution in [-0.4, -0.2) is 0 Å². The fourth-order valence-electron chi connectivity index (χ4n) is 1.88. The van der Waals surface area contributed by atoms with Crippen molar-refractivity contribution in [2.75, 3.05) is 0 Å². The number of para-hydroxylation sites is 1. The Balaban J connectivity index is 1.86. The molecule has 1 heterocycles. The van der Waals surface area contributed by atoms with Gasteiger partial charge in [0.25, 0.3) is 0 Å². The van der Waals surface area contributed by atoms with E-state index in [-0.39, 0.29) is 18.2 Å². The second-order valence-electron chi connectivity index (χ2n) is 4.12. The summed E-state index contributed by atoms with van der Waals surface area (Å²) < 4.78 is 24.3. The van der Waals surface area contributed by atoms with Crippen molar-refractivity contribution in [3.8, 4) is 5.75 Å². The molecule has 0 unspecified atom stereocenters. The molecular formula is C15H10ClFO2. The topological polar surface area (TPSA) is 22.4 Å². The van der Waals surface area contributed by atoms with Crippen LogP contribution >= 0.6 is 11.6 Å². The van der Waals surface area contributed by atoms with Gasteiger partial charge in [-0.1, -0.05) is 23.7 Å². The predicted octanol–water partition coefficient (Wildman–Crippen LogP) is 4.80. The van der Waals surface area contributed by atoms with Gasteiger partial charge in [0.2, 0.25) is 0 Å². The first-order valence-corrected chi connectivity index (χ1v) is 6.15. The number of benzene rings is 2. The van der Waals surface area contributed by atoms with Gasteiger partial charge < -0.3 is 9.15 Å². The quantitative estimate of drug-likeness (QED) is 0.685.